The van der Waals surface area contributed by atoms with Gasteiger partial charge in [0.05, 0.1) is 22.8 Å². The molecule has 0 aliphatic carbocycles. The van der Waals surface area contributed by atoms with Crippen molar-refractivity contribution in [2.45, 2.75) is 46.1 Å². The zero-order chi connectivity index (χ0) is 19.7. The molecule has 3 heterocycles. The summed E-state index contributed by atoms with van der Waals surface area (Å²) >= 11 is 0. The molecule has 0 radical (unpaired) electrons. The molecule has 4 aromatic rings. The molecule has 0 saturated heterocycles. The van der Waals surface area contributed by atoms with Crippen LogP contribution in [0.5, 0.6) is 0 Å². The van der Waals surface area contributed by atoms with E-state index in [1.165, 1.54) is 11.1 Å². The Labute approximate surface area is 163 Å². The molecule has 3 aromatic heterocycles. The van der Waals surface area contributed by atoms with Gasteiger partial charge >= 0.3 is 0 Å². The highest BCUT2D eigenvalue weighted by Crippen LogP contribution is 2.19. The molecule has 7 nitrogen and oxygen atoms in total. The van der Waals surface area contributed by atoms with Crippen LogP contribution in [-0.2, 0) is 11.2 Å². The van der Waals surface area contributed by atoms with Crippen LogP contribution in [-0.4, -0.2) is 30.2 Å². The summed E-state index contributed by atoms with van der Waals surface area (Å²) < 4.78 is 1.86. The van der Waals surface area contributed by atoms with Crippen LogP contribution in [0.3, 0.4) is 0 Å². The molecule has 1 unspecified atom stereocenters. The van der Waals surface area contributed by atoms with Crippen molar-refractivity contribution in [3.8, 4) is 0 Å². The van der Waals surface area contributed by atoms with Crippen molar-refractivity contribution in [1.29, 1.82) is 0 Å². The van der Waals surface area contributed by atoms with Crippen LogP contribution in [0.15, 0.2) is 36.8 Å². The van der Waals surface area contributed by atoms with Gasteiger partial charge in [0.2, 0.25) is 11.7 Å². The molecule has 1 atom stereocenters. The average molecular weight is 376 g/mol. The number of benzene rings is 1. The lowest BCUT2D eigenvalue weighted by Gasteiger charge is -2.14. The first-order valence-electron chi connectivity index (χ1n) is 9.58. The molecule has 144 valence electrons. The lowest BCUT2D eigenvalue weighted by atomic mass is 10.1. The summed E-state index contributed by atoms with van der Waals surface area (Å²) in [5.41, 5.74) is 5.23. The Bertz CT molecular complexity index is 1070. The Morgan fingerprint density at radius 1 is 1.25 bits per heavy atom. The number of rotatable bonds is 6. The Morgan fingerprint density at radius 3 is 2.86 bits per heavy atom. The number of hydrogen-bond donors (Lipinski definition) is 2. The van der Waals surface area contributed by atoms with Crippen LogP contribution >= 0.6 is 0 Å². The normalized spacial score (nSPS) is 12.5. The largest absolute Gasteiger partial charge is 0.348 e. The van der Waals surface area contributed by atoms with E-state index in [1.807, 2.05) is 29.8 Å². The molecular weight excluding hydrogens is 352 g/mol. The van der Waals surface area contributed by atoms with E-state index >= 15 is 0 Å². The molecular formula is C21H24N6O. The van der Waals surface area contributed by atoms with Crippen LogP contribution < -0.4 is 5.32 Å². The Kier molecular flexibility index (Phi) is 4.81. The monoisotopic (exact) mass is 376 g/mol. The predicted molar refractivity (Wildman–Crippen MR) is 108 cm³/mol. The topological polar surface area (TPSA) is 88.0 Å². The van der Waals surface area contributed by atoms with Crippen molar-refractivity contribution in [1.82, 2.24) is 29.7 Å². The van der Waals surface area contributed by atoms with Gasteiger partial charge in [0.25, 0.3) is 0 Å². The third-order valence-electron chi connectivity index (χ3n) is 5.09. The van der Waals surface area contributed by atoms with Crippen molar-refractivity contribution in [2.24, 2.45) is 0 Å². The maximum atomic E-state index is 12.5. The van der Waals surface area contributed by atoms with Crippen molar-refractivity contribution >= 4 is 22.7 Å². The van der Waals surface area contributed by atoms with Crippen LogP contribution in [0.2, 0.25) is 0 Å². The molecule has 7 heteroatoms. The summed E-state index contributed by atoms with van der Waals surface area (Å²) in [7, 11) is 0. The third-order valence-corrected chi connectivity index (χ3v) is 5.09. The van der Waals surface area contributed by atoms with Gasteiger partial charge in [-0.1, -0.05) is 6.92 Å². The SMILES string of the molecule is CCC(NC(=O)CCc1nc2cc(C)c(C)cc2[nH]1)c1cn2cccnc2n1. The first-order chi connectivity index (χ1) is 13.5. The van der Waals surface area contributed by atoms with E-state index in [4.69, 9.17) is 0 Å². The summed E-state index contributed by atoms with van der Waals surface area (Å²) in [6.45, 7) is 6.20. The molecule has 0 aliphatic heterocycles. The molecule has 1 aromatic carbocycles. The van der Waals surface area contributed by atoms with Crippen LogP contribution in [0, 0.1) is 13.8 Å². The fourth-order valence-corrected chi connectivity index (χ4v) is 3.34. The lowest BCUT2D eigenvalue weighted by Crippen LogP contribution is -2.28. The molecule has 4 rings (SSSR count). The number of aromatic nitrogens is 5. The smallest absolute Gasteiger partial charge is 0.233 e. The van der Waals surface area contributed by atoms with E-state index in [0.717, 1.165) is 29.0 Å². The zero-order valence-electron chi connectivity index (χ0n) is 16.4. The molecule has 0 spiro atoms. The first kappa shape index (κ1) is 18.2. The molecule has 0 fully saturated rings. The summed E-state index contributed by atoms with van der Waals surface area (Å²) in [5.74, 6) is 1.46. The lowest BCUT2D eigenvalue weighted by molar-refractivity contribution is -0.121. The highest BCUT2D eigenvalue weighted by molar-refractivity contribution is 5.78. The molecule has 0 saturated carbocycles. The van der Waals surface area contributed by atoms with Gasteiger partial charge in [-0.25, -0.2) is 15.0 Å². The van der Waals surface area contributed by atoms with E-state index in [-0.39, 0.29) is 11.9 Å². The number of hydrogen-bond acceptors (Lipinski definition) is 4. The van der Waals surface area contributed by atoms with E-state index in [0.29, 0.717) is 18.6 Å². The molecule has 0 aliphatic rings. The van der Waals surface area contributed by atoms with E-state index in [1.54, 1.807) is 6.20 Å². The van der Waals surface area contributed by atoms with Crippen LogP contribution in [0.25, 0.3) is 16.8 Å². The van der Waals surface area contributed by atoms with Crippen molar-refractivity contribution in [3.05, 3.63) is 59.4 Å². The van der Waals surface area contributed by atoms with E-state index < -0.39 is 0 Å². The van der Waals surface area contributed by atoms with Crippen molar-refractivity contribution in [2.75, 3.05) is 0 Å². The third kappa shape index (κ3) is 3.60. The number of carbonyl (C=O) groups is 1. The van der Waals surface area contributed by atoms with Gasteiger partial charge in [0.15, 0.2) is 0 Å². The molecule has 1 amide bonds. The fourth-order valence-electron chi connectivity index (χ4n) is 3.34. The second-order valence-electron chi connectivity index (χ2n) is 7.16. The Balaban J connectivity index is 1.41. The summed E-state index contributed by atoms with van der Waals surface area (Å²) in [6.07, 6.45) is 7.24. The summed E-state index contributed by atoms with van der Waals surface area (Å²) in [5, 5.41) is 3.08. The fraction of sp³-hybridized carbons (Fsp3) is 0.333. The molecule has 28 heavy (non-hydrogen) atoms. The zero-order valence-corrected chi connectivity index (χ0v) is 16.4. The molecule has 2 N–H and O–H groups in total. The van der Waals surface area contributed by atoms with Gasteiger partial charge in [-0.05, 0) is 49.6 Å². The molecule has 0 bridgehead atoms. The second kappa shape index (κ2) is 7.42. The Morgan fingerprint density at radius 2 is 2.07 bits per heavy atom. The number of aryl methyl sites for hydroxylation is 3. The minimum absolute atomic E-state index is 0.00955. The minimum Gasteiger partial charge on any atom is -0.348 e. The van der Waals surface area contributed by atoms with Gasteiger partial charge < -0.3 is 10.3 Å². The van der Waals surface area contributed by atoms with Gasteiger partial charge in [0.1, 0.15) is 5.82 Å². The quantitative estimate of drug-likeness (QED) is 0.540. The van der Waals surface area contributed by atoms with Crippen LogP contribution in [0.4, 0.5) is 0 Å². The standard InChI is InChI=1S/C21H24N6O/c1-4-15(18-12-27-9-5-8-22-21(27)26-18)25-20(28)7-6-19-23-16-10-13(2)14(3)11-17(16)24-19/h5,8-12,15H,4,6-7H2,1-3H3,(H,23,24)(H,25,28). The summed E-state index contributed by atoms with van der Waals surface area (Å²) in [4.78, 5) is 29.2. The van der Waals surface area contributed by atoms with E-state index in [9.17, 15) is 4.79 Å². The highest BCUT2D eigenvalue weighted by atomic mass is 16.1. The second-order valence-corrected chi connectivity index (χ2v) is 7.16. The average Bonchev–Trinajstić information content (AvgIpc) is 3.28. The Hall–Kier alpha value is -3.22. The minimum atomic E-state index is -0.129. The number of imidazole rings is 2. The first-order valence-corrected chi connectivity index (χ1v) is 9.58. The number of aromatic amines is 1. The van der Waals surface area contributed by atoms with Gasteiger partial charge in [-0.2, -0.15) is 0 Å². The number of amides is 1. The number of H-pyrrole nitrogens is 1. The van der Waals surface area contributed by atoms with Gasteiger partial charge in [-0.15, -0.1) is 0 Å². The maximum Gasteiger partial charge on any atom is 0.233 e. The predicted octanol–water partition coefficient (Wildman–Crippen LogP) is 3.42. The highest BCUT2D eigenvalue weighted by Gasteiger charge is 2.17. The van der Waals surface area contributed by atoms with Crippen molar-refractivity contribution in [3.63, 3.8) is 0 Å². The maximum absolute atomic E-state index is 12.5. The van der Waals surface area contributed by atoms with Crippen molar-refractivity contribution < 1.29 is 4.79 Å². The van der Waals surface area contributed by atoms with Crippen LogP contribution in [0.1, 0.15) is 48.5 Å². The number of nitrogens with one attached hydrogen (secondary N) is 2. The number of nitrogens with zero attached hydrogens (tertiary/aromatic N) is 4. The number of fused-ring (bicyclic) bond motifs is 2. The van der Waals surface area contributed by atoms with Gasteiger partial charge in [-0.3, -0.25) is 9.20 Å². The number of carbonyl (C=O) groups excluding carboxylic acids is 1. The summed E-state index contributed by atoms with van der Waals surface area (Å²) in [6, 6.07) is 5.91. The van der Waals surface area contributed by atoms with E-state index in [2.05, 4.69) is 51.2 Å². The van der Waals surface area contributed by atoms with Gasteiger partial charge in [0, 0.05) is 31.4 Å².